The third-order valence-electron chi connectivity index (χ3n) is 4.77. The van der Waals surface area contributed by atoms with Crippen molar-refractivity contribution in [3.8, 4) is 5.88 Å². The van der Waals surface area contributed by atoms with Crippen LogP contribution in [-0.2, 0) is 16.0 Å². The van der Waals surface area contributed by atoms with E-state index in [2.05, 4.69) is 15.4 Å². The molecule has 0 aromatic carbocycles. The predicted octanol–water partition coefficient (Wildman–Crippen LogP) is 0.223. The molecule has 2 unspecified atom stereocenters. The molecule has 4 rings (SSSR count). The van der Waals surface area contributed by atoms with Crippen LogP contribution < -0.4 is 4.74 Å². The van der Waals surface area contributed by atoms with E-state index in [-0.39, 0.29) is 17.5 Å². The molecule has 4 heterocycles. The Balaban J connectivity index is 1.44. The lowest BCUT2D eigenvalue weighted by Crippen LogP contribution is -2.46. The molecule has 0 saturated carbocycles. The van der Waals surface area contributed by atoms with Gasteiger partial charge in [-0.25, -0.2) is 0 Å². The van der Waals surface area contributed by atoms with Crippen molar-refractivity contribution < 1.29 is 23.5 Å². The second kappa shape index (κ2) is 7.04. The molecule has 0 radical (unpaired) electrons. The highest BCUT2D eigenvalue weighted by atomic mass is 16.6. The first-order chi connectivity index (χ1) is 12.7. The van der Waals surface area contributed by atoms with Crippen LogP contribution in [0.15, 0.2) is 23.2 Å². The van der Waals surface area contributed by atoms with Gasteiger partial charge in [0.2, 0.25) is 5.76 Å². The fourth-order valence-electron chi connectivity index (χ4n) is 3.57. The van der Waals surface area contributed by atoms with Crippen LogP contribution >= 0.6 is 0 Å². The van der Waals surface area contributed by atoms with Gasteiger partial charge in [0, 0.05) is 19.0 Å². The van der Waals surface area contributed by atoms with Crippen molar-refractivity contribution in [1.29, 1.82) is 0 Å². The van der Waals surface area contributed by atoms with Gasteiger partial charge in [0.15, 0.2) is 0 Å². The number of ether oxygens (including phenoxy) is 3. The van der Waals surface area contributed by atoms with Gasteiger partial charge in [0.1, 0.15) is 18.3 Å². The van der Waals surface area contributed by atoms with Gasteiger partial charge in [0.25, 0.3) is 11.8 Å². The molecule has 2 aliphatic rings. The quantitative estimate of drug-likeness (QED) is 0.760. The zero-order chi connectivity index (χ0) is 18.0. The molecule has 1 amide bonds. The smallest absolute Gasteiger partial charge is 0.292 e. The molecular weight excluding hydrogens is 342 g/mol. The Morgan fingerprint density at radius 2 is 2.27 bits per heavy atom. The van der Waals surface area contributed by atoms with Crippen LogP contribution in [0.5, 0.6) is 5.88 Å². The molecule has 2 aromatic rings. The van der Waals surface area contributed by atoms with Crippen LogP contribution in [0.2, 0.25) is 0 Å². The fourth-order valence-corrected chi connectivity index (χ4v) is 3.57. The van der Waals surface area contributed by atoms with E-state index in [0.29, 0.717) is 38.8 Å². The van der Waals surface area contributed by atoms with Crippen LogP contribution in [0.1, 0.15) is 17.0 Å². The normalized spacial score (nSPS) is 26.2. The molecule has 0 N–H and O–H groups in total. The molecule has 140 valence electrons. The summed E-state index contributed by atoms with van der Waals surface area (Å²) in [5.74, 6) is 0.504. The number of carbonyl (C=O) groups is 1. The summed E-state index contributed by atoms with van der Waals surface area (Å²) in [7, 11) is 1.48. The van der Waals surface area contributed by atoms with Crippen LogP contribution in [0.4, 0.5) is 0 Å². The molecule has 0 aliphatic carbocycles. The highest BCUT2D eigenvalue weighted by molar-refractivity contribution is 5.91. The average molecular weight is 363 g/mol. The van der Waals surface area contributed by atoms with Crippen molar-refractivity contribution in [3.63, 3.8) is 0 Å². The zero-order valence-corrected chi connectivity index (χ0v) is 14.5. The Morgan fingerprint density at radius 1 is 1.42 bits per heavy atom. The molecule has 2 aromatic heterocycles. The van der Waals surface area contributed by atoms with Crippen molar-refractivity contribution in [3.05, 3.63) is 24.5 Å². The number of aromatic nitrogens is 4. The number of hydrogen-bond acceptors (Lipinski definition) is 8. The van der Waals surface area contributed by atoms with Gasteiger partial charge in [0.05, 0.1) is 39.5 Å². The monoisotopic (exact) mass is 363 g/mol. The third kappa shape index (κ3) is 3.42. The first-order valence-corrected chi connectivity index (χ1v) is 8.51. The minimum Gasteiger partial charge on any atom is -0.479 e. The average Bonchev–Trinajstić information content (AvgIpc) is 3.36. The maximum absolute atomic E-state index is 12.8. The highest BCUT2D eigenvalue weighted by Crippen LogP contribution is 2.34. The van der Waals surface area contributed by atoms with Crippen molar-refractivity contribution >= 4 is 5.91 Å². The molecular formula is C16H21N5O5. The van der Waals surface area contributed by atoms with Crippen molar-refractivity contribution in [2.45, 2.75) is 18.6 Å². The minimum atomic E-state index is -0.505. The molecule has 10 nitrogen and oxygen atoms in total. The van der Waals surface area contributed by atoms with E-state index < -0.39 is 5.60 Å². The Hall–Kier alpha value is -2.46. The lowest BCUT2D eigenvalue weighted by atomic mass is 9.94. The number of nitrogens with zero attached hydrogens (tertiary/aromatic N) is 5. The van der Waals surface area contributed by atoms with Gasteiger partial charge in [-0.1, -0.05) is 0 Å². The van der Waals surface area contributed by atoms with E-state index in [1.54, 1.807) is 17.6 Å². The topological polar surface area (TPSA) is 105 Å². The fraction of sp³-hybridized carbons (Fsp3) is 0.625. The number of carbonyl (C=O) groups excluding carboxylic acids is 1. The van der Waals surface area contributed by atoms with E-state index in [9.17, 15) is 4.79 Å². The summed E-state index contributed by atoms with van der Waals surface area (Å²) in [6, 6.07) is 1.49. The Labute approximate surface area is 150 Å². The van der Waals surface area contributed by atoms with Crippen LogP contribution in [0, 0.1) is 5.92 Å². The lowest BCUT2D eigenvalue weighted by molar-refractivity contribution is -0.0540. The van der Waals surface area contributed by atoms with Crippen molar-refractivity contribution in [2.24, 2.45) is 5.92 Å². The largest absolute Gasteiger partial charge is 0.479 e. The summed E-state index contributed by atoms with van der Waals surface area (Å²) in [5.41, 5.74) is -0.505. The summed E-state index contributed by atoms with van der Waals surface area (Å²) >= 11 is 0. The predicted molar refractivity (Wildman–Crippen MR) is 86.6 cm³/mol. The number of hydrogen-bond donors (Lipinski definition) is 0. The Morgan fingerprint density at radius 3 is 3.04 bits per heavy atom. The number of amides is 1. The van der Waals surface area contributed by atoms with Gasteiger partial charge in [-0.3, -0.25) is 4.79 Å². The SMILES string of the molecule is COc1cc(C(=O)N2CCOCC3(CC(Cn4cnnc4)CO3)C2)on1. The third-order valence-corrected chi connectivity index (χ3v) is 4.77. The molecule has 10 heteroatoms. The maximum atomic E-state index is 12.8. The summed E-state index contributed by atoms with van der Waals surface area (Å²) < 4.78 is 23.9. The molecule has 26 heavy (non-hydrogen) atoms. The summed E-state index contributed by atoms with van der Waals surface area (Å²) in [6.45, 7) is 3.24. The molecule has 0 bridgehead atoms. The molecule has 2 aliphatic heterocycles. The molecule has 2 saturated heterocycles. The van der Waals surface area contributed by atoms with Gasteiger partial charge in [-0.15, -0.1) is 10.2 Å². The van der Waals surface area contributed by atoms with E-state index >= 15 is 0 Å². The van der Waals surface area contributed by atoms with Crippen LogP contribution in [-0.4, -0.2) is 76.3 Å². The highest BCUT2D eigenvalue weighted by Gasteiger charge is 2.44. The number of rotatable bonds is 4. The van der Waals surface area contributed by atoms with Crippen LogP contribution in [0.25, 0.3) is 0 Å². The minimum absolute atomic E-state index is 0.151. The second-order valence-electron chi connectivity index (χ2n) is 6.74. The van der Waals surface area contributed by atoms with E-state index in [4.69, 9.17) is 18.7 Å². The molecule has 2 fully saturated rings. The summed E-state index contributed by atoms with van der Waals surface area (Å²) in [5, 5.41) is 11.4. The lowest BCUT2D eigenvalue weighted by Gasteiger charge is -2.30. The van der Waals surface area contributed by atoms with Gasteiger partial charge in [-0.2, -0.15) is 0 Å². The number of methoxy groups -OCH3 is 1. The Bertz CT molecular complexity index is 748. The summed E-state index contributed by atoms with van der Waals surface area (Å²) in [6.07, 6.45) is 4.19. The first kappa shape index (κ1) is 17.0. The van der Waals surface area contributed by atoms with Crippen molar-refractivity contribution in [1.82, 2.24) is 24.8 Å². The van der Waals surface area contributed by atoms with Gasteiger partial charge >= 0.3 is 0 Å². The first-order valence-electron chi connectivity index (χ1n) is 8.51. The van der Waals surface area contributed by atoms with Gasteiger partial charge in [-0.05, 0) is 11.6 Å². The second-order valence-corrected chi connectivity index (χ2v) is 6.74. The van der Waals surface area contributed by atoms with E-state index in [1.807, 2.05) is 4.57 Å². The van der Waals surface area contributed by atoms with E-state index in [0.717, 1.165) is 13.0 Å². The molecule has 2 atom stereocenters. The molecule has 1 spiro atoms. The summed E-state index contributed by atoms with van der Waals surface area (Å²) in [4.78, 5) is 14.5. The maximum Gasteiger partial charge on any atom is 0.292 e. The van der Waals surface area contributed by atoms with Crippen LogP contribution in [0.3, 0.4) is 0 Å². The van der Waals surface area contributed by atoms with Crippen molar-refractivity contribution in [2.75, 3.05) is 40.0 Å². The van der Waals surface area contributed by atoms with E-state index in [1.165, 1.54) is 13.2 Å². The van der Waals surface area contributed by atoms with Gasteiger partial charge < -0.3 is 28.2 Å². The Kier molecular flexibility index (Phi) is 4.60. The zero-order valence-electron chi connectivity index (χ0n) is 14.5. The standard InChI is InChI=1S/C16H21N5O5/c1-23-14-4-13(26-19-14)15(22)21-2-3-24-9-16(8-21)5-12(7-25-16)6-20-10-17-18-11-20/h4,10-12H,2-3,5-9H2,1H3.